The zero-order valence-corrected chi connectivity index (χ0v) is 18.3. The lowest BCUT2D eigenvalue weighted by molar-refractivity contribution is -0.665. The quantitative estimate of drug-likeness (QED) is 0.332. The Bertz CT molecular complexity index is 1250. The van der Waals surface area contributed by atoms with Crippen LogP contribution >= 0.6 is 0 Å². The van der Waals surface area contributed by atoms with Gasteiger partial charge in [0.25, 0.3) is 0 Å². The summed E-state index contributed by atoms with van der Waals surface area (Å²) in [6, 6.07) is 24.3. The van der Waals surface area contributed by atoms with Crippen LogP contribution in [0.1, 0.15) is 39.0 Å². The second kappa shape index (κ2) is 7.15. The van der Waals surface area contributed by atoms with Crippen molar-refractivity contribution in [2.24, 2.45) is 7.05 Å². The van der Waals surface area contributed by atoms with Gasteiger partial charge in [-0.2, -0.15) is 4.57 Å². The fraction of sp³-hybridized carbons (Fsp3) is 0.250. The van der Waals surface area contributed by atoms with E-state index in [4.69, 9.17) is 1.37 Å². The first-order chi connectivity index (χ1) is 14.2. The first-order valence-electron chi connectivity index (χ1n) is 10.8. The molecule has 0 aliphatic heterocycles. The fourth-order valence-electron chi connectivity index (χ4n) is 3.96. The van der Waals surface area contributed by atoms with Crippen LogP contribution in [-0.4, -0.2) is 0 Å². The predicted molar refractivity (Wildman–Crippen MR) is 124 cm³/mol. The van der Waals surface area contributed by atoms with E-state index in [-0.39, 0.29) is 5.41 Å². The van der Waals surface area contributed by atoms with Crippen molar-refractivity contribution in [2.75, 3.05) is 0 Å². The van der Waals surface area contributed by atoms with Gasteiger partial charge in [-0.25, -0.2) is 0 Å². The van der Waals surface area contributed by atoms with E-state index >= 15 is 0 Å². The SMILES string of the molecule is [2H]c1c(C)[n+](C)c(-c2cc(C(C)(C)C)ccc2C)c2ccc(-c3ccccc3)cc12. The summed E-state index contributed by atoms with van der Waals surface area (Å²) in [5.41, 5.74) is 8.39. The van der Waals surface area contributed by atoms with Gasteiger partial charge in [-0.1, -0.05) is 69.3 Å². The van der Waals surface area contributed by atoms with Gasteiger partial charge in [0.2, 0.25) is 5.69 Å². The van der Waals surface area contributed by atoms with E-state index in [1.54, 1.807) is 0 Å². The minimum absolute atomic E-state index is 0.0850. The Morgan fingerprint density at radius 2 is 1.55 bits per heavy atom. The number of aromatic nitrogens is 1. The molecule has 0 saturated heterocycles. The second-order valence-electron chi connectivity index (χ2n) is 9.02. The normalized spacial score (nSPS) is 12.3. The third-order valence-corrected chi connectivity index (χ3v) is 5.89. The molecule has 1 nitrogen and oxygen atoms in total. The van der Waals surface area contributed by atoms with E-state index in [9.17, 15) is 0 Å². The Labute approximate surface area is 176 Å². The largest absolute Gasteiger partial charge is 0.220 e. The van der Waals surface area contributed by atoms with Gasteiger partial charge in [0.15, 0.2) is 5.69 Å². The van der Waals surface area contributed by atoms with Crippen LogP contribution in [-0.2, 0) is 12.5 Å². The molecule has 0 fully saturated rings. The van der Waals surface area contributed by atoms with Gasteiger partial charge >= 0.3 is 0 Å². The molecule has 3 aromatic carbocycles. The van der Waals surface area contributed by atoms with E-state index in [1.165, 1.54) is 27.9 Å². The number of hydrogen-bond acceptors (Lipinski definition) is 0. The second-order valence-corrected chi connectivity index (χ2v) is 9.02. The van der Waals surface area contributed by atoms with Crippen LogP contribution in [0.3, 0.4) is 0 Å². The smallest absolute Gasteiger partial charge is 0.198 e. The Morgan fingerprint density at radius 1 is 0.828 bits per heavy atom. The lowest BCUT2D eigenvalue weighted by Crippen LogP contribution is -2.35. The van der Waals surface area contributed by atoms with Crippen molar-refractivity contribution in [1.82, 2.24) is 0 Å². The molecular formula is C28H30N+. The number of hydrogen-bond donors (Lipinski definition) is 0. The van der Waals surface area contributed by atoms with Gasteiger partial charge in [0.05, 0.1) is 12.3 Å². The summed E-state index contributed by atoms with van der Waals surface area (Å²) in [6.45, 7) is 11.0. The van der Waals surface area contributed by atoms with Crippen molar-refractivity contribution in [3.63, 3.8) is 0 Å². The van der Waals surface area contributed by atoms with Crippen LogP contribution < -0.4 is 4.57 Å². The van der Waals surface area contributed by atoms with E-state index in [0.29, 0.717) is 6.04 Å². The fourth-order valence-corrected chi connectivity index (χ4v) is 3.96. The molecule has 0 amide bonds. The molecule has 0 aliphatic carbocycles. The van der Waals surface area contributed by atoms with Crippen molar-refractivity contribution < 1.29 is 5.94 Å². The van der Waals surface area contributed by atoms with E-state index < -0.39 is 0 Å². The monoisotopic (exact) mass is 381 g/mol. The third kappa shape index (κ3) is 3.58. The summed E-state index contributed by atoms with van der Waals surface area (Å²) < 4.78 is 11.0. The van der Waals surface area contributed by atoms with Crippen molar-refractivity contribution >= 4 is 10.8 Å². The molecule has 0 N–H and O–H groups in total. The zero-order valence-electron chi connectivity index (χ0n) is 19.3. The summed E-state index contributed by atoms with van der Waals surface area (Å²) in [7, 11) is 2.08. The molecule has 146 valence electrons. The highest BCUT2D eigenvalue weighted by molar-refractivity contribution is 5.96. The molecule has 0 saturated carbocycles. The Hall–Kier alpha value is -2.93. The minimum Gasteiger partial charge on any atom is -0.198 e. The van der Waals surface area contributed by atoms with Crippen molar-refractivity contribution in [3.05, 3.63) is 89.6 Å². The minimum atomic E-state index is 0.0850. The molecule has 4 aromatic rings. The van der Waals surface area contributed by atoms with Crippen LogP contribution in [0.2, 0.25) is 0 Å². The lowest BCUT2D eigenvalue weighted by Gasteiger charge is -2.21. The predicted octanol–water partition coefficient (Wildman–Crippen LogP) is 6.91. The van der Waals surface area contributed by atoms with Crippen molar-refractivity contribution in [3.8, 4) is 22.4 Å². The first-order valence-corrected chi connectivity index (χ1v) is 10.3. The Morgan fingerprint density at radius 3 is 2.24 bits per heavy atom. The maximum absolute atomic E-state index is 8.82. The maximum Gasteiger partial charge on any atom is 0.220 e. The highest BCUT2D eigenvalue weighted by Crippen LogP contribution is 2.34. The highest BCUT2D eigenvalue weighted by atomic mass is 14.9. The van der Waals surface area contributed by atoms with Crippen LogP contribution in [0.25, 0.3) is 33.2 Å². The van der Waals surface area contributed by atoms with Gasteiger partial charge in [0, 0.05) is 13.0 Å². The molecule has 0 radical (unpaired) electrons. The van der Waals surface area contributed by atoms with Gasteiger partial charge in [0.1, 0.15) is 7.05 Å². The van der Waals surface area contributed by atoms with Gasteiger partial charge in [-0.15, -0.1) is 0 Å². The number of benzene rings is 3. The molecule has 0 spiro atoms. The number of fused-ring (bicyclic) bond motifs is 1. The van der Waals surface area contributed by atoms with Crippen molar-refractivity contribution in [1.29, 1.82) is 0 Å². The molecular weight excluding hydrogens is 350 g/mol. The zero-order chi connectivity index (χ0) is 21.6. The molecule has 0 aliphatic rings. The first kappa shape index (κ1) is 18.1. The molecule has 1 heterocycles. The molecule has 0 unspecified atom stereocenters. The highest BCUT2D eigenvalue weighted by Gasteiger charge is 2.22. The number of pyridine rings is 1. The standard InChI is InChI=1S/C28H30N/c1-19-12-14-24(28(3,4)5)18-26(19)27-25-15-13-22(21-10-8-7-9-11-21)17-23(25)16-20(2)29(27)6/h7-18H,1-6H3/q+1/i16D. The third-order valence-electron chi connectivity index (χ3n) is 5.89. The van der Waals surface area contributed by atoms with Gasteiger partial charge < -0.3 is 0 Å². The molecule has 29 heavy (non-hydrogen) atoms. The van der Waals surface area contributed by atoms with Crippen molar-refractivity contribution in [2.45, 2.75) is 40.0 Å². The van der Waals surface area contributed by atoms with E-state index in [0.717, 1.165) is 22.0 Å². The molecule has 4 rings (SSSR count). The van der Waals surface area contributed by atoms with E-state index in [1.807, 2.05) is 13.0 Å². The van der Waals surface area contributed by atoms with Gasteiger partial charge in [-0.05, 0) is 58.2 Å². The summed E-state index contributed by atoms with van der Waals surface area (Å²) in [5.74, 6) is 0. The molecule has 1 aromatic heterocycles. The topological polar surface area (TPSA) is 3.88 Å². The summed E-state index contributed by atoms with van der Waals surface area (Å²) in [4.78, 5) is 0. The summed E-state index contributed by atoms with van der Waals surface area (Å²) in [5, 5.41) is 2.13. The van der Waals surface area contributed by atoms with E-state index in [2.05, 4.69) is 100.0 Å². The summed E-state index contributed by atoms with van der Waals surface area (Å²) >= 11 is 0. The van der Waals surface area contributed by atoms with Gasteiger partial charge in [-0.3, -0.25) is 0 Å². The average molecular weight is 382 g/mol. The lowest BCUT2D eigenvalue weighted by atomic mass is 9.84. The molecule has 1 heteroatoms. The maximum atomic E-state index is 8.82. The summed E-state index contributed by atoms with van der Waals surface area (Å²) in [6.07, 6.45) is 0. The number of rotatable bonds is 2. The van der Waals surface area contributed by atoms with Crippen LogP contribution in [0.4, 0.5) is 0 Å². The number of aryl methyl sites for hydroxylation is 1. The molecule has 0 bridgehead atoms. The van der Waals surface area contributed by atoms with Crippen LogP contribution in [0.15, 0.2) is 72.8 Å². The Kier molecular flexibility index (Phi) is 4.47. The number of nitrogens with zero attached hydrogens (tertiary/aromatic N) is 1. The van der Waals surface area contributed by atoms with Crippen LogP contribution in [0, 0.1) is 13.8 Å². The van der Waals surface area contributed by atoms with Crippen LogP contribution in [0.5, 0.6) is 0 Å². The average Bonchev–Trinajstić information content (AvgIpc) is 2.73. The Balaban J connectivity index is 2.04. The molecule has 0 atom stereocenters.